The van der Waals surface area contributed by atoms with Crippen molar-refractivity contribution in [3.8, 4) is 0 Å². The van der Waals surface area contributed by atoms with Crippen LogP contribution >= 0.6 is 11.6 Å². The van der Waals surface area contributed by atoms with Gasteiger partial charge in [-0.1, -0.05) is 11.6 Å². The Labute approximate surface area is 119 Å². The lowest BCUT2D eigenvalue weighted by Crippen LogP contribution is -2.43. The maximum atomic E-state index is 12.6. The standard InChI is InChI=1S/C14H20ClN3O/c1-4-16-11-7-6-10(15)12(17-11)13(19)18-9-5-8-14(18,2)3/h6-7H,4-5,8-9H2,1-3H3,(H,16,17). The summed E-state index contributed by atoms with van der Waals surface area (Å²) in [6.07, 6.45) is 2.05. The first-order valence-electron chi connectivity index (χ1n) is 6.68. The Balaban J connectivity index is 2.30. The highest BCUT2D eigenvalue weighted by Gasteiger charge is 2.37. The third kappa shape index (κ3) is 2.84. The largest absolute Gasteiger partial charge is 0.370 e. The summed E-state index contributed by atoms with van der Waals surface area (Å²) in [6.45, 7) is 7.69. The molecule has 0 bridgehead atoms. The van der Waals surface area contributed by atoms with Crippen molar-refractivity contribution >= 4 is 23.3 Å². The molecule has 1 aromatic rings. The molecular formula is C14H20ClN3O. The zero-order valence-corrected chi connectivity index (χ0v) is 12.4. The van der Waals surface area contributed by atoms with Crippen molar-refractivity contribution in [2.45, 2.75) is 39.2 Å². The van der Waals surface area contributed by atoms with Gasteiger partial charge in [-0.15, -0.1) is 0 Å². The molecule has 1 aliphatic heterocycles. The average Bonchev–Trinajstić information content (AvgIpc) is 2.71. The summed E-state index contributed by atoms with van der Waals surface area (Å²) in [5.74, 6) is 0.611. The fourth-order valence-corrected chi connectivity index (χ4v) is 2.67. The molecule has 0 unspecified atom stereocenters. The molecule has 0 aliphatic carbocycles. The molecule has 0 atom stereocenters. The highest BCUT2D eigenvalue weighted by molar-refractivity contribution is 6.33. The number of halogens is 1. The molecule has 104 valence electrons. The van der Waals surface area contributed by atoms with Crippen LogP contribution in [-0.2, 0) is 0 Å². The fourth-order valence-electron chi connectivity index (χ4n) is 2.48. The number of pyridine rings is 1. The van der Waals surface area contributed by atoms with Gasteiger partial charge < -0.3 is 10.2 Å². The Bertz CT molecular complexity index is 488. The predicted octanol–water partition coefficient (Wildman–Crippen LogP) is 3.18. The summed E-state index contributed by atoms with van der Waals surface area (Å²) >= 11 is 6.13. The van der Waals surface area contributed by atoms with Crippen LogP contribution in [0.5, 0.6) is 0 Å². The molecule has 1 N–H and O–H groups in total. The number of amides is 1. The van der Waals surface area contributed by atoms with Crippen molar-refractivity contribution in [3.63, 3.8) is 0 Å². The third-order valence-electron chi connectivity index (χ3n) is 3.55. The van der Waals surface area contributed by atoms with E-state index in [-0.39, 0.29) is 11.4 Å². The molecule has 0 spiro atoms. The van der Waals surface area contributed by atoms with Crippen molar-refractivity contribution in [2.24, 2.45) is 0 Å². The zero-order chi connectivity index (χ0) is 14.0. The Morgan fingerprint density at radius 2 is 2.26 bits per heavy atom. The van der Waals surface area contributed by atoms with Crippen molar-refractivity contribution in [2.75, 3.05) is 18.4 Å². The van der Waals surface area contributed by atoms with Crippen LogP contribution in [0.25, 0.3) is 0 Å². The maximum Gasteiger partial charge on any atom is 0.274 e. The second-order valence-corrected chi connectivity index (χ2v) is 5.84. The lowest BCUT2D eigenvalue weighted by atomic mass is 10.0. The summed E-state index contributed by atoms with van der Waals surface area (Å²) < 4.78 is 0. The van der Waals surface area contributed by atoms with Gasteiger partial charge in [0.1, 0.15) is 11.5 Å². The van der Waals surface area contributed by atoms with Crippen LogP contribution in [0.3, 0.4) is 0 Å². The minimum atomic E-state index is -0.115. The van der Waals surface area contributed by atoms with Gasteiger partial charge in [0.2, 0.25) is 0 Å². The second kappa shape index (κ2) is 5.37. The molecule has 0 aromatic carbocycles. The molecule has 1 aromatic heterocycles. The molecular weight excluding hydrogens is 262 g/mol. The number of likely N-dealkylation sites (tertiary alicyclic amines) is 1. The minimum Gasteiger partial charge on any atom is -0.370 e. The monoisotopic (exact) mass is 281 g/mol. The van der Waals surface area contributed by atoms with E-state index in [9.17, 15) is 4.79 Å². The smallest absolute Gasteiger partial charge is 0.274 e. The van der Waals surface area contributed by atoms with E-state index in [1.807, 2.05) is 11.8 Å². The molecule has 5 heteroatoms. The van der Waals surface area contributed by atoms with E-state index in [2.05, 4.69) is 24.1 Å². The van der Waals surface area contributed by atoms with Crippen molar-refractivity contribution in [1.29, 1.82) is 0 Å². The Kier molecular flexibility index (Phi) is 3.99. The lowest BCUT2D eigenvalue weighted by molar-refractivity contribution is 0.0646. The average molecular weight is 282 g/mol. The zero-order valence-electron chi connectivity index (χ0n) is 11.7. The highest BCUT2D eigenvalue weighted by Crippen LogP contribution is 2.31. The van der Waals surface area contributed by atoms with Crippen molar-refractivity contribution in [3.05, 3.63) is 22.8 Å². The number of hydrogen-bond donors (Lipinski definition) is 1. The molecule has 1 saturated heterocycles. The van der Waals surface area contributed by atoms with Crippen LogP contribution in [0.1, 0.15) is 44.1 Å². The maximum absolute atomic E-state index is 12.6. The molecule has 0 saturated carbocycles. The summed E-state index contributed by atoms with van der Waals surface area (Å²) in [5.41, 5.74) is 0.228. The predicted molar refractivity (Wildman–Crippen MR) is 77.8 cm³/mol. The van der Waals surface area contributed by atoms with E-state index >= 15 is 0 Å². The molecule has 2 heterocycles. The Morgan fingerprint density at radius 3 is 2.84 bits per heavy atom. The van der Waals surface area contributed by atoms with Gasteiger partial charge in [-0.05, 0) is 45.7 Å². The highest BCUT2D eigenvalue weighted by atomic mass is 35.5. The second-order valence-electron chi connectivity index (χ2n) is 5.43. The number of carbonyl (C=O) groups is 1. The molecule has 4 nitrogen and oxygen atoms in total. The quantitative estimate of drug-likeness (QED) is 0.925. The Morgan fingerprint density at radius 1 is 1.53 bits per heavy atom. The van der Waals surface area contributed by atoms with Crippen LogP contribution in [0, 0.1) is 0 Å². The first-order valence-corrected chi connectivity index (χ1v) is 7.06. The normalized spacial score (nSPS) is 17.6. The number of nitrogens with one attached hydrogen (secondary N) is 1. The Hall–Kier alpha value is -1.29. The first-order chi connectivity index (χ1) is 8.95. The summed E-state index contributed by atoms with van der Waals surface area (Å²) in [6, 6.07) is 3.51. The molecule has 0 radical (unpaired) electrons. The number of rotatable bonds is 3. The van der Waals surface area contributed by atoms with Crippen LogP contribution in [-0.4, -0.2) is 34.4 Å². The van der Waals surface area contributed by atoms with E-state index < -0.39 is 0 Å². The SMILES string of the molecule is CCNc1ccc(Cl)c(C(=O)N2CCCC2(C)C)n1. The van der Waals surface area contributed by atoms with Crippen LogP contribution in [0.2, 0.25) is 5.02 Å². The number of aromatic nitrogens is 1. The van der Waals surface area contributed by atoms with Gasteiger partial charge in [0.05, 0.1) is 5.02 Å². The number of hydrogen-bond acceptors (Lipinski definition) is 3. The van der Waals surface area contributed by atoms with E-state index in [1.54, 1.807) is 12.1 Å². The van der Waals surface area contributed by atoms with E-state index in [0.29, 0.717) is 16.5 Å². The fraction of sp³-hybridized carbons (Fsp3) is 0.571. The number of nitrogens with zero attached hydrogens (tertiary/aromatic N) is 2. The number of carbonyl (C=O) groups excluding carboxylic acids is 1. The van der Waals surface area contributed by atoms with E-state index in [1.165, 1.54) is 0 Å². The van der Waals surface area contributed by atoms with Crippen LogP contribution < -0.4 is 5.32 Å². The van der Waals surface area contributed by atoms with Crippen LogP contribution in [0.4, 0.5) is 5.82 Å². The van der Waals surface area contributed by atoms with Crippen LogP contribution in [0.15, 0.2) is 12.1 Å². The van der Waals surface area contributed by atoms with Gasteiger partial charge >= 0.3 is 0 Å². The molecule has 1 fully saturated rings. The molecule has 1 aliphatic rings. The topological polar surface area (TPSA) is 45.2 Å². The van der Waals surface area contributed by atoms with E-state index in [4.69, 9.17) is 11.6 Å². The van der Waals surface area contributed by atoms with E-state index in [0.717, 1.165) is 25.9 Å². The molecule has 19 heavy (non-hydrogen) atoms. The molecule has 1 amide bonds. The number of anilines is 1. The lowest BCUT2D eigenvalue weighted by Gasteiger charge is -2.31. The first kappa shape index (κ1) is 14.1. The summed E-state index contributed by atoms with van der Waals surface area (Å²) in [7, 11) is 0. The summed E-state index contributed by atoms with van der Waals surface area (Å²) in [4.78, 5) is 18.8. The van der Waals surface area contributed by atoms with Gasteiger partial charge in [0.15, 0.2) is 0 Å². The van der Waals surface area contributed by atoms with Gasteiger partial charge in [0, 0.05) is 18.6 Å². The third-order valence-corrected chi connectivity index (χ3v) is 3.86. The van der Waals surface area contributed by atoms with Gasteiger partial charge in [-0.25, -0.2) is 4.98 Å². The van der Waals surface area contributed by atoms with Gasteiger partial charge in [-0.2, -0.15) is 0 Å². The van der Waals surface area contributed by atoms with Gasteiger partial charge in [0.25, 0.3) is 5.91 Å². The summed E-state index contributed by atoms with van der Waals surface area (Å²) in [5, 5.41) is 3.51. The molecule has 2 rings (SSSR count). The van der Waals surface area contributed by atoms with Crippen molar-refractivity contribution < 1.29 is 4.79 Å². The van der Waals surface area contributed by atoms with Crippen molar-refractivity contribution in [1.82, 2.24) is 9.88 Å². The minimum absolute atomic E-state index is 0.0766. The van der Waals surface area contributed by atoms with Gasteiger partial charge in [-0.3, -0.25) is 4.79 Å².